The van der Waals surface area contributed by atoms with Crippen LogP contribution < -0.4 is 0 Å². The highest BCUT2D eigenvalue weighted by atomic mass is 19.1. The lowest BCUT2D eigenvalue weighted by Crippen LogP contribution is -2.12. The van der Waals surface area contributed by atoms with Crippen LogP contribution in [0.15, 0.2) is 30.5 Å². The van der Waals surface area contributed by atoms with Crippen LogP contribution in [0, 0.1) is 11.6 Å². The molecule has 0 fully saturated rings. The van der Waals surface area contributed by atoms with Crippen LogP contribution in [0.25, 0.3) is 0 Å². The molecule has 2 rings (SSSR count). The van der Waals surface area contributed by atoms with E-state index in [2.05, 4.69) is 5.10 Å². The zero-order chi connectivity index (χ0) is 13.8. The summed E-state index contributed by atoms with van der Waals surface area (Å²) in [6, 6.07) is 4.84. The average molecular weight is 266 g/mol. The van der Waals surface area contributed by atoms with E-state index >= 15 is 0 Å². The van der Waals surface area contributed by atoms with E-state index in [-0.39, 0.29) is 13.0 Å². The molecule has 0 aliphatic rings. The minimum absolute atomic E-state index is 0.0204. The number of carbonyl (C=O) groups is 1. The van der Waals surface area contributed by atoms with E-state index in [1.807, 2.05) is 0 Å². The van der Waals surface area contributed by atoms with E-state index in [9.17, 15) is 13.6 Å². The van der Waals surface area contributed by atoms with E-state index < -0.39 is 17.6 Å². The van der Waals surface area contributed by atoms with Crippen LogP contribution in [-0.2, 0) is 18.2 Å². The SMILES string of the molecule is Cn1nccc1C(=O)OCCc1ccc(F)cc1F. The van der Waals surface area contributed by atoms with Crippen molar-refractivity contribution >= 4 is 5.97 Å². The number of hydrogen-bond donors (Lipinski definition) is 0. The third kappa shape index (κ3) is 3.15. The summed E-state index contributed by atoms with van der Waals surface area (Å²) in [4.78, 5) is 11.6. The first-order valence-electron chi connectivity index (χ1n) is 5.67. The normalized spacial score (nSPS) is 10.5. The third-order valence-corrected chi connectivity index (χ3v) is 2.65. The maximum atomic E-state index is 13.3. The van der Waals surface area contributed by atoms with Gasteiger partial charge in [-0.05, 0) is 17.7 Å². The van der Waals surface area contributed by atoms with Gasteiger partial charge in [-0.1, -0.05) is 6.07 Å². The first kappa shape index (κ1) is 13.2. The van der Waals surface area contributed by atoms with Gasteiger partial charge in [-0.3, -0.25) is 4.68 Å². The third-order valence-electron chi connectivity index (χ3n) is 2.65. The molecule has 0 atom stereocenters. The van der Waals surface area contributed by atoms with Crippen LogP contribution >= 0.6 is 0 Å². The van der Waals surface area contributed by atoms with E-state index in [1.54, 1.807) is 7.05 Å². The largest absolute Gasteiger partial charge is 0.461 e. The first-order valence-corrected chi connectivity index (χ1v) is 5.67. The fraction of sp³-hybridized carbons (Fsp3) is 0.231. The van der Waals surface area contributed by atoms with Crippen molar-refractivity contribution in [3.05, 3.63) is 53.4 Å². The summed E-state index contributed by atoms with van der Waals surface area (Å²) < 4.78 is 32.4. The Morgan fingerprint density at radius 1 is 1.37 bits per heavy atom. The number of benzene rings is 1. The Balaban J connectivity index is 1.90. The predicted molar refractivity (Wildman–Crippen MR) is 63.6 cm³/mol. The molecule has 1 heterocycles. The van der Waals surface area contributed by atoms with Gasteiger partial charge >= 0.3 is 5.97 Å². The summed E-state index contributed by atoms with van der Waals surface area (Å²) in [5.74, 6) is -1.80. The van der Waals surface area contributed by atoms with Crippen molar-refractivity contribution in [3.8, 4) is 0 Å². The summed E-state index contributed by atoms with van der Waals surface area (Å²) in [5, 5.41) is 3.84. The smallest absolute Gasteiger partial charge is 0.356 e. The zero-order valence-electron chi connectivity index (χ0n) is 10.3. The number of carbonyl (C=O) groups excluding carboxylic acids is 1. The molecule has 0 amide bonds. The first-order chi connectivity index (χ1) is 9.08. The fourth-order valence-corrected chi connectivity index (χ4v) is 1.63. The van der Waals surface area contributed by atoms with Gasteiger partial charge < -0.3 is 4.74 Å². The second-order valence-electron chi connectivity index (χ2n) is 3.96. The summed E-state index contributed by atoms with van der Waals surface area (Å²) in [6.45, 7) is 0.0204. The van der Waals surface area contributed by atoms with Gasteiger partial charge in [0.1, 0.15) is 17.3 Å². The Morgan fingerprint density at radius 2 is 2.16 bits per heavy atom. The van der Waals surface area contributed by atoms with E-state index in [0.717, 1.165) is 6.07 Å². The lowest BCUT2D eigenvalue weighted by molar-refractivity contribution is 0.0495. The molecule has 1 aromatic heterocycles. The van der Waals surface area contributed by atoms with Gasteiger partial charge in [-0.15, -0.1) is 0 Å². The number of nitrogens with zero attached hydrogens (tertiary/aromatic N) is 2. The molecule has 1 aromatic carbocycles. The number of rotatable bonds is 4. The number of halogens is 2. The number of esters is 1. The fourth-order valence-electron chi connectivity index (χ4n) is 1.63. The number of aryl methyl sites for hydroxylation is 1. The van der Waals surface area contributed by atoms with Crippen LogP contribution in [0.4, 0.5) is 8.78 Å². The Morgan fingerprint density at radius 3 is 2.79 bits per heavy atom. The molecule has 0 bridgehead atoms. The summed E-state index contributed by atoms with van der Waals surface area (Å²) in [6.07, 6.45) is 1.67. The van der Waals surface area contributed by atoms with Gasteiger partial charge in [0.05, 0.1) is 6.61 Å². The van der Waals surface area contributed by atoms with Crippen LogP contribution in [0.5, 0.6) is 0 Å². The highest BCUT2D eigenvalue weighted by molar-refractivity contribution is 5.87. The van der Waals surface area contributed by atoms with E-state index in [1.165, 1.54) is 29.1 Å². The minimum Gasteiger partial charge on any atom is -0.461 e. The van der Waals surface area contributed by atoms with E-state index in [0.29, 0.717) is 11.3 Å². The molecule has 19 heavy (non-hydrogen) atoms. The molecule has 0 unspecified atom stereocenters. The highest BCUT2D eigenvalue weighted by Crippen LogP contribution is 2.10. The quantitative estimate of drug-likeness (QED) is 0.796. The van der Waals surface area contributed by atoms with Crippen molar-refractivity contribution in [2.24, 2.45) is 7.05 Å². The van der Waals surface area contributed by atoms with Crippen molar-refractivity contribution in [3.63, 3.8) is 0 Å². The van der Waals surface area contributed by atoms with Gasteiger partial charge in [0.15, 0.2) is 0 Å². The second kappa shape index (κ2) is 5.60. The second-order valence-corrected chi connectivity index (χ2v) is 3.96. The van der Waals surface area contributed by atoms with Crippen molar-refractivity contribution in [1.29, 1.82) is 0 Å². The van der Waals surface area contributed by atoms with Crippen LogP contribution in [-0.4, -0.2) is 22.4 Å². The van der Waals surface area contributed by atoms with Crippen LogP contribution in [0.1, 0.15) is 16.1 Å². The topological polar surface area (TPSA) is 44.1 Å². The van der Waals surface area contributed by atoms with Gasteiger partial charge in [0, 0.05) is 25.7 Å². The van der Waals surface area contributed by atoms with Gasteiger partial charge in [-0.25, -0.2) is 13.6 Å². The average Bonchev–Trinajstić information content (AvgIpc) is 2.78. The lowest BCUT2D eigenvalue weighted by atomic mass is 10.1. The predicted octanol–water partition coefficient (Wildman–Crippen LogP) is 2.10. The lowest BCUT2D eigenvalue weighted by Gasteiger charge is -2.06. The van der Waals surface area contributed by atoms with Crippen LogP contribution in [0.3, 0.4) is 0 Å². The molecule has 0 spiro atoms. The minimum atomic E-state index is -0.642. The summed E-state index contributed by atoms with van der Waals surface area (Å²) >= 11 is 0. The monoisotopic (exact) mass is 266 g/mol. The molecule has 0 aliphatic heterocycles. The molecule has 0 aliphatic carbocycles. The Labute approximate surface area is 108 Å². The Hall–Kier alpha value is -2.24. The summed E-state index contributed by atoms with van der Waals surface area (Å²) in [5.41, 5.74) is 0.624. The molecular weight excluding hydrogens is 254 g/mol. The Bertz CT molecular complexity index is 596. The van der Waals surface area contributed by atoms with Gasteiger partial charge in [0.2, 0.25) is 0 Å². The van der Waals surface area contributed by atoms with E-state index in [4.69, 9.17) is 4.74 Å². The van der Waals surface area contributed by atoms with Gasteiger partial charge in [-0.2, -0.15) is 5.10 Å². The van der Waals surface area contributed by atoms with Gasteiger partial charge in [0.25, 0.3) is 0 Å². The van der Waals surface area contributed by atoms with Crippen molar-refractivity contribution in [2.75, 3.05) is 6.61 Å². The van der Waals surface area contributed by atoms with Crippen molar-refractivity contribution in [2.45, 2.75) is 6.42 Å². The van der Waals surface area contributed by atoms with Crippen molar-refractivity contribution in [1.82, 2.24) is 9.78 Å². The maximum Gasteiger partial charge on any atom is 0.356 e. The molecular formula is C13H12F2N2O2. The van der Waals surface area contributed by atoms with Crippen molar-refractivity contribution < 1.29 is 18.3 Å². The number of hydrogen-bond acceptors (Lipinski definition) is 3. The Kier molecular flexibility index (Phi) is 3.89. The highest BCUT2D eigenvalue weighted by Gasteiger charge is 2.11. The van der Waals surface area contributed by atoms with Crippen LogP contribution in [0.2, 0.25) is 0 Å². The standard InChI is InChI=1S/C13H12F2N2O2/c1-17-12(4-6-16-17)13(18)19-7-5-9-2-3-10(14)8-11(9)15/h2-4,6,8H,5,7H2,1H3. The molecule has 2 aromatic rings. The zero-order valence-corrected chi connectivity index (χ0v) is 10.3. The molecule has 0 saturated heterocycles. The maximum absolute atomic E-state index is 13.3. The molecule has 4 nitrogen and oxygen atoms in total. The molecule has 0 radical (unpaired) electrons. The number of aromatic nitrogens is 2. The molecule has 6 heteroatoms. The number of ether oxygens (including phenoxy) is 1. The summed E-state index contributed by atoms with van der Waals surface area (Å²) in [7, 11) is 1.62. The molecule has 0 saturated carbocycles. The molecule has 100 valence electrons. The molecule has 0 N–H and O–H groups in total.